The van der Waals surface area contributed by atoms with Crippen molar-refractivity contribution in [3.63, 3.8) is 0 Å². The molecule has 1 aromatic heterocycles. The predicted octanol–water partition coefficient (Wildman–Crippen LogP) is 4.89. The van der Waals surface area contributed by atoms with Crippen molar-refractivity contribution in [1.29, 1.82) is 5.26 Å². The first-order valence-corrected chi connectivity index (χ1v) is 9.44. The summed E-state index contributed by atoms with van der Waals surface area (Å²) in [5, 5.41) is 11.4. The van der Waals surface area contributed by atoms with Crippen molar-refractivity contribution >= 4 is 22.2 Å². The minimum atomic E-state index is -5.90. The van der Waals surface area contributed by atoms with Crippen LogP contribution in [0.25, 0.3) is 0 Å². The number of thiophene rings is 1. The van der Waals surface area contributed by atoms with Crippen LogP contribution in [0, 0.1) is 17.2 Å². The summed E-state index contributed by atoms with van der Waals surface area (Å²) in [4.78, 5) is 12.4. The van der Waals surface area contributed by atoms with E-state index in [1.54, 1.807) is 6.07 Å². The van der Waals surface area contributed by atoms with E-state index in [1.165, 1.54) is 19.2 Å². The molecule has 1 aliphatic rings. The Balaban J connectivity index is 2.60. The second-order valence-electron chi connectivity index (χ2n) is 6.89. The maximum atomic E-state index is 13.7. The zero-order chi connectivity index (χ0) is 21.3. The van der Waals surface area contributed by atoms with E-state index in [1.807, 2.05) is 0 Å². The van der Waals surface area contributed by atoms with Crippen LogP contribution < -0.4 is 10.6 Å². The number of hydrogen-bond donors (Lipinski definition) is 2. The standard InChI is InChI=1S/C17H19F6N3OS/c1-9(2)13(27)25-15(16(18,19)20,17(21,22)23)26-14-11(8-24)10-6-4-3-5-7-12(10)28-14/h9,26H,3-7H2,1-2H3,(H,25,27). The lowest BCUT2D eigenvalue weighted by molar-refractivity contribution is -0.296. The Bertz CT molecular complexity index is 762. The molecule has 0 saturated heterocycles. The number of nitriles is 1. The maximum Gasteiger partial charge on any atom is 0.439 e. The Hall–Kier alpha value is -1.96. The molecular weight excluding hydrogens is 408 g/mol. The molecule has 1 heterocycles. The lowest BCUT2D eigenvalue weighted by Crippen LogP contribution is -2.72. The Morgan fingerprint density at radius 1 is 1.07 bits per heavy atom. The van der Waals surface area contributed by atoms with Gasteiger partial charge in [-0.05, 0) is 31.2 Å². The van der Waals surface area contributed by atoms with Crippen LogP contribution in [-0.2, 0) is 17.6 Å². The fourth-order valence-electron chi connectivity index (χ4n) is 2.92. The maximum absolute atomic E-state index is 13.7. The number of fused-ring (bicyclic) bond motifs is 1. The second kappa shape index (κ2) is 7.81. The number of carbonyl (C=O) groups excluding carboxylic acids is 1. The molecule has 0 bridgehead atoms. The van der Waals surface area contributed by atoms with Crippen LogP contribution in [-0.4, -0.2) is 23.9 Å². The lowest BCUT2D eigenvalue weighted by atomic mass is 10.0. The van der Waals surface area contributed by atoms with Crippen molar-refractivity contribution in [3.05, 3.63) is 16.0 Å². The SMILES string of the molecule is CC(C)C(=O)NC(Nc1sc2c(c1C#N)CCCCC2)(C(F)(F)F)C(F)(F)F. The normalized spacial score (nSPS) is 15.6. The molecule has 0 unspecified atom stereocenters. The zero-order valence-corrected chi connectivity index (χ0v) is 16.0. The number of carbonyl (C=O) groups is 1. The number of nitrogens with one attached hydrogen (secondary N) is 2. The fraction of sp³-hybridized carbons (Fsp3) is 0.647. The van der Waals surface area contributed by atoms with Crippen molar-refractivity contribution in [1.82, 2.24) is 5.32 Å². The van der Waals surface area contributed by atoms with Gasteiger partial charge in [-0.2, -0.15) is 31.6 Å². The van der Waals surface area contributed by atoms with Gasteiger partial charge in [0, 0.05) is 10.8 Å². The number of alkyl halides is 6. The second-order valence-corrected chi connectivity index (χ2v) is 8.00. The van der Waals surface area contributed by atoms with Crippen molar-refractivity contribution in [3.8, 4) is 6.07 Å². The van der Waals surface area contributed by atoms with Crippen LogP contribution in [0.15, 0.2) is 0 Å². The highest BCUT2D eigenvalue weighted by Crippen LogP contribution is 2.46. The Labute approximate surface area is 161 Å². The van der Waals surface area contributed by atoms with Crippen LogP contribution in [0.3, 0.4) is 0 Å². The minimum Gasteiger partial charge on any atom is -0.338 e. The van der Waals surface area contributed by atoms with E-state index in [4.69, 9.17) is 0 Å². The van der Waals surface area contributed by atoms with E-state index in [2.05, 4.69) is 0 Å². The Morgan fingerprint density at radius 3 is 2.14 bits per heavy atom. The number of rotatable bonds is 4. The number of nitrogens with zero attached hydrogens (tertiary/aromatic N) is 1. The summed E-state index contributed by atoms with van der Waals surface area (Å²) in [6, 6.07) is 1.73. The van der Waals surface area contributed by atoms with Crippen LogP contribution >= 0.6 is 11.3 Å². The predicted molar refractivity (Wildman–Crippen MR) is 91.7 cm³/mol. The number of hydrogen-bond acceptors (Lipinski definition) is 4. The molecule has 1 aliphatic carbocycles. The molecule has 2 N–H and O–H groups in total. The van der Waals surface area contributed by atoms with Crippen LogP contribution in [0.2, 0.25) is 0 Å². The molecule has 1 amide bonds. The van der Waals surface area contributed by atoms with E-state index < -0.39 is 34.8 Å². The summed E-state index contributed by atoms with van der Waals surface area (Å²) in [7, 11) is 0. The average molecular weight is 427 g/mol. The lowest BCUT2D eigenvalue weighted by Gasteiger charge is -2.39. The first-order chi connectivity index (χ1) is 12.8. The van der Waals surface area contributed by atoms with Gasteiger partial charge in [0.2, 0.25) is 5.91 Å². The van der Waals surface area contributed by atoms with Gasteiger partial charge in [-0.25, -0.2) is 0 Å². The third-order valence-corrected chi connectivity index (χ3v) is 5.73. The molecule has 0 aliphatic heterocycles. The first-order valence-electron chi connectivity index (χ1n) is 8.62. The number of aryl methyl sites for hydroxylation is 1. The highest BCUT2D eigenvalue weighted by Gasteiger charge is 2.73. The summed E-state index contributed by atoms with van der Waals surface area (Å²) in [6.07, 6.45) is -8.58. The van der Waals surface area contributed by atoms with Gasteiger partial charge < -0.3 is 10.6 Å². The summed E-state index contributed by atoms with van der Waals surface area (Å²) >= 11 is 0.710. The van der Waals surface area contributed by atoms with E-state index in [0.29, 0.717) is 41.0 Å². The van der Waals surface area contributed by atoms with Gasteiger partial charge in [0.1, 0.15) is 11.1 Å². The number of amides is 1. The quantitative estimate of drug-likeness (QED) is 0.408. The molecule has 0 saturated carbocycles. The molecule has 2 rings (SSSR count). The highest BCUT2D eigenvalue weighted by molar-refractivity contribution is 7.16. The topological polar surface area (TPSA) is 64.9 Å². The number of anilines is 1. The molecule has 0 spiro atoms. The summed E-state index contributed by atoms with van der Waals surface area (Å²) in [5.74, 6) is -2.53. The van der Waals surface area contributed by atoms with Crippen molar-refractivity contribution in [2.75, 3.05) is 5.32 Å². The minimum absolute atomic E-state index is 0.224. The number of halogens is 6. The summed E-state index contributed by atoms with van der Waals surface area (Å²) in [6.45, 7) is 2.36. The molecule has 1 aromatic rings. The van der Waals surface area contributed by atoms with Gasteiger partial charge in [-0.3, -0.25) is 4.79 Å². The van der Waals surface area contributed by atoms with E-state index in [9.17, 15) is 36.4 Å². The molecule has 28 heavy (non-hydrogen) atoms. The van der Waals surface area contributed by atoms with Gasteiger partial charge in [0.15, 0.2) is 0 Å². The molecule has 156 valence electrons. The highest BCUT2D eigenvalue weighted by atomic mass is 32.1. The third-order valence-electron chi connectivity index (χ3n) is 4.52. The van der Waals surface area contributed by atoms with Crippen LogP contribution in [0.5, 0.6) is 0 Å². The molecular formula is C17H19F6N3OS. The van der Waals surface area contributed by atoms with Gasteiger partial charge in [0.05, 0.1) is 5.56 Å². The van der Waals surface area contributed by atoms with Crippen LogP contribution in [0.1, 0.15) is 49.1 Å². The third kappa shape index (κ3) is 4.06. The van der Waals surface area contributed by atoms with Gasteiger partial charge in [-0.15, -0.1) is 11.3 Å². The van der Waals surface area contributed by atoms with Gasteiger partial charge in [0.25, 0.3) is 0 Å². The smallest absolute Gasteiger partial charge is 0.338 e. The average Bonchev–Trinajstić information content (AvgIpc) is 2.71. The molecule has 4 nitrogen and oxygen atoms in total. The van der Waals surface area contributed by atoms with Crippen molar-refractivity contribution in [2.45, 2.75) is 64.0 Å². The van der Waals surface area contributed by atoms with E-state index in [0.717, 1.165) is 18.2 Å². The molecule has 11 heteroatoms. The molecule has 0 atom stereocenters. The Morgan fingerprint density at radius 2 is 1.64 bits per heavy atom. The fourth-order valence-corrected chi connectivity index (χ4v) is 4.22. The summed E-state index contributed by atoms with van der Waals surface area (Å²) in [5.41, 5.74) is -4.43. The largest absolute Gasteiger partial charge is 0.439 e. The van der Waals surface area contributed by atoms with E-state index >= 15 is 0 Å². The van der Waals surface area contributed by atoms with Gasteiger partial charge >= 0.3 is 18.0 Å². The van der Waals surface area contributed by atoms with Crippen molar-refractivity contribution in [2.24, 2.45) is 5.92 Å². The van der Waals surface area contributed by atoms with E-state index in [-0.39, 0.29) is 5.56 Å². The van der Waals surface area contributed by atoms with Crippen LogP contribution in [0.4, 0.5) is 31.3 Å². The monoisotopic (exact) mass is 427 g/mol. The molecule has 0 radical (unpaired) electrons. The Kier molecular flexibility index (Phi) is 6.23. The molecule has 0 fully saturated rings. The molecule has 0 aromatic carbocycles. The summed E-state index contributed by atoms with van der Waals surface area (Å²) < 4.78 is 82.1. The first kappa shape index (κ1) is 22.3. The zero-order valence-electron chi connectivity index (χ0n) is 15.1. The van der Waals surface area contributed by atoms with Gasteiger partial charge in [-0.1, -0.05) is 20.3 Å². The van der Waals surface area contributed by atoms with Crippen molar-refractivity contribution < 1.29 is 31.1 Å².